The summed E-state index contributed by atoms with van der Waals surface area (Å²) in [6, 6.07) is 8.57. The number of hydrogen-bond donors (Lipinski definition) is 2. The standard InChI is InChI=1S/C17H20N4O2/c1-12-3-2-4-14(9-12)21-7-5-13(6-8-21)19-17(23)15-10-18-11-16(22)20-15/h2-4,9-11,13H,5-8H2,1H3,(H,19,23)(H,20,22). The third-order valence-electron chi connectivity index (χ3n) is 4.09. The molecule has 1 amide bonds. The van der Waals surface area contributed by atoms with Crippen LogP contribution in [0.15, 0.2) is 41.5 Å². The average Bonchev–Trinajstić information content (AvgIpc) is 2.55. The highest BCUT2D eigenvalue weighted by Crippen LogP contribution is 2.21. The van der Waals surface area contributed by atoms with Gasteiger partial charge in [-0.3, -0.25) is 14.6 Å². The van der Waals surface area contributed by atoms with E-state index in [1.807, 2.05) is 0 Å². The molecule has 0 unspecified atom stereocenters. The van der Waals surface area contributed by atoms with Crippen molar-refractivity contribution < 1.29 is 4.79 Å². The van der Waals surface area contributed by atoms with Gasteiger partial charge in [-0.25, -0.2) is 0 Å². The van der Waals surface area contributed by atoms with Crippen LogP contribution in [-0.4, -0.2) is 35.0 Å². The second-order valence-corrected chi connectivity index (χ2v) is 5.88. The minimum atomic E-state index is -0.369. The van der Waals surface area contributed by atoms with Crippen molar-refractivity contribution in [2.45, 2.75) is 25.8 Å². The van der Waals surface area contributed by atoms with Crippen molar-refractivity contribution >= 4 is 11.6 Å². The number of carbonyl (C=O) groups excluding carboxylic acids is 1. The number of rotatable bonds is 3. The topological polar surface area (TPSA) is 78.1 Å². The molecule has 0 aliphatic carbocycles. The van der Waals surface area contributed by atoms with E-state index in [9.17, 15) is 9.59 Å². The lowest BCUT2D eigenvalue weighted by Gasteiger charge is -2.34. The SMILES string of the molecule is Cc1cccc(N2CCC(NC(=O)c3cncc(=O)[nH]3)CC2)c1. The van der Waals surface area contributed by atoms with Crippen LogP contribution in [-0.2, 0) is 0 Å². The fraction of sp³-hybridized carbons (Fsp3) is 0.353. The Bertz CT molecular complexity index is 748. The van der Waals surface area contributed by atoms with E-state index in [4.69, 9.17) is 0 Å². The fourth-order valence-electron chi connectivity index (χ4n) is 2.86. The van der Waals surface area contributed by atoms with Crippen molar-refractivity contribution in [3.05, 3.63) is 58.3 Å². The van der Waals surface area contributed by atoms with Gasteiger partial charge in [-0.05, 0) is 37.5 Å². The van der Waals surface area contributed by atoms with Gasteiger partial charge in [0, 0.05) is 24.8 Å². The van der Waals surface area contributed by atoms with E-state index >= 15 is 0 Å². The molecule has 1 aliphatic heterocycles. The number of aromatic nitrogens is 2. The zero-order chi connectivity index (χ0) is 16.2. The largest absolute Gasteiger partial charge is 0.371 e. The molecule has 120 valence electrons. The van der Waals surface area contributed by atoms with Crippen molar-refractivity contribution in [3.63, 3.8) is 0 Å². The summed E-state index contributed by atoms with van der Waals surface area (Å²) in [7, 11) is 0. The molecule has 2 N–H and O–H groups in total. The van der Waals surface area contributed by atoms with E-state index in [1.165, 1.54) is 17.4 Å². The lowest BCUT2D eigenvalue weighted by atomic mass is 10.0. The van der Waals surface area contributed by atoms with E-state index in [2.05, 4.69) is 51.4 Å². The number of nitrogens with one attached hydrogen (secondary N) is 2. The summed E-state index contributed by atoms with van der Waals surface area (Å²) in [5.41, 5.74) is 2.32. The van der Waals surface area contributed by atoms with Crippen molar-refractivity contribution in [3.8, 4) is 0 Å². The molecule has 1 aromatic heterocycles. The summed E-state index contributed by atoms with van der Waals surface area (Å²) in [5.74, 6) is -0.274. The molecule has 0 radical (unpaired) electrons. The molecule has 1 aromatic carbocycles. The van der Waals surface area contributed by atoms with Crippen LogP contribution in [0.25, 0.3) is 0 Å². The Morgan fingerprint density at radius 2 is 2.09 bits per heavy atom. The van der Waals surface area contributed by atoms with Gasteiger partial charge in [-0.2, -0.15) is 0 Å². The Labute approximate surface area is 134 Å². The third kappa shape index (κ3) is 3.77. The number of hydrogen-bond acceptors (Lipinski definition) is 4. The number of aryl methyl sites for hydroxylation is 1. The number of carbonyl (C=O) groups is 1. The Morgan fingerprint density at radius 3 is 2.78 bits per heavy atom. The van der Waals surface area contributed by atoms with Gasteiger partial charge in [0.15, 0.2) is 0 Å². The number of H-pyrrole nitrogens is 1. The maximum atomic E-state index is 12.1. The van der Waals surface area contributed by atoms with Crippen molar-refractivity contribution in [1.29, 1.82) is 0 Å². The number of benzene rings is 1. The molecule has 3 rings (SSSR count). The van der Waals surface area contributed by atoms with Gasteiger partial charge in [0.1, 0.15) is 5.69 Å². The van der Waals surface area contributed by atoms with Crippen molar-refractivity contribution in [2.24, 2.45) is 0 Å². The molecule has 2 heterocycles. The molecule has 1 fully saturated rings. The molecular weight excluding hydrogens is 292 g/mol. The molecule has 1 saturated heterocycles. The van der Waals surface area contributed by atoms with Crippen molar-refractivity contribution in [1.82, 2.24) is 15.3 Å². The molecule has 23 heavy (non-hydrogen) atoms. The normalized spacial score (nSPS) is 15.4. The first kappa shape index (κ1) is 15.3. The summed E-state index contributed by atoms with van der Waals surface area (Å²) in [6.45, 7) is 3.89. The number of nitrogens with zero attached hydrogens (tertiary/aromatic N) is 2. The van der Waals surface area contributed by atoms with Crippen LogP contribution < -0.4 is 15.8 Å². The van der Waals surface area contributed by atoms with Crippen LogP contribution in [0.3, 0.4) is 0 Å². The van der Waals surface area contributed by atoms with E-state index in [1.54, 1.807) is 0 Å². The van der Waals surface area contributed by atoms with Crippen LogP contribution in [0.4, 0.5) is 5.69 Å². The highest BCUT2D eigenvalue weighted by Gasteiger charge is 2.21. The predicted molar refractivity (Wildman–Crippen MR) is 88.7 cm³/mol. The Kier molecular flexibility index (Phi) is 4.41. The van der Waals surface area contributed by atoms with Gasteiger partial charge >= 0.3 is 0 Å². The average molecular weight is 312 g/mol. The minimum absolute atomic E-state index is 0.118. The molecule has 2 aromatic rings. The second-order valence-electron chi connectivity index (χ2n) is 5.88. The Hall–Kier alpha value is -2.63. The van der Waals surface area contributed by atoms with Crippen LogP contribution in [0.1, 0.15) is 28.9 Å². The molecule has 0 atom stereocenters. The van der Waals surface area contributed by atoms with Crippen LogP contribution in [0, 0.1) is 6.92 Å². The van der Waals surface area contributed by atoms with E-state index in [0.29, 0.717) is 0 Å². The zero-order valence-electron chi connectivity index (χ0n) is 13.1. The summed E-state index contributed by atoms with van der Waals surface area (Å²) >= 11 is 0. The number of aromatic amines is 1. The third-order valence-corrected chi connectivity index (χ3v) is 4.09. The highest BCUT2D eigenvalue weighted by atomic mass is 16.2. The van der Waals surface area contributed by atoms with E-state index in [-0.39, 0.29) is 23.2 Å². The van der Waals surface area contributed by atoms with Gasteiger partial charge in [-0.15, -0.1) is 0 Å². The van der Waals surface area contributed by atoms with E-state index in [0.717, 1.165) is 32.1 Å². The molecule has 0 bridgehead atoms. The van der Waals surface area contributed by atoms with Crippen LogP contribution in [0.2, 0.25) is 0 Å². The number of piperidine rings is 1. The first-order chi connectivity index (χ1) is 11.1. The molecule has 6 heteroatoms. The maximum absolute atomic E-state index is 12.1. The lowest BCUT2D eigenvalue weighted by Crippen LogP contribution is -2.45. The summed E-state index contributed by atoms with van der Waals surface area (Å²) in [4.78, 5) is 31.9. The summed E-state index contributed by atoms with van der Waals surface area (Å²) < 4.78 is 0. The second kappa shape index (κ2) is 6.64. The Morgan fingerprint density at radius 1 is 1.30 bits per heavy atom. The minimum Gasteiger partial charge on any atom is -0.371 e. The summed E-state index contributed by atoms with van der Waals surface area (Å²) in [6.07, 6.45) is 4.28. The quantitative estimate of drug-likeness (QED) is 0.900. The van der Waals surface area contributed by atoms with Crippen LogP contribution >= 0.6 is 0 Å². The first-order valence-electron chi connectivity index (χ1n) is 7.78. The highest BCUT2D eigenvalue weighted by molar-refractivity contribution is 5.92. The van der Waals surface area contributed by atoms with Crippen LogP contribution in [0.5, 0.6) is 0 Å². The number of anilines is 1. The Balaban J connectivity index is 1.57. The molecule has 6 nitrogen and oxygen atoms in total. The monoisotopic (exact) mass is 312 g/mol. The summed E-state index contributed by atoms with van der Waals surface area (Å²) in [5, 5.41) is 2.97. The molecular formula is C17H20N4O2. The van der Waals surface area contributed by atoms with Gasteiger partial charge < -0.3 is 15.2 Å². The van der Waals surface area contributed by atoms with Gasteiger partial charge in [0.25, 0.3) is 11.5 Å². The van der Waals surface area contributed by atoms with Crippen molar-refractivity contribution in [2.75, 3.05) is 18.0 Å². The van der Waals surface area contributed by atoms with Gasteiger partial charge in [-0.1, -0.05) is 12.1 Å². The fourth-order valence-corrected chi connectivity index (χ4v) is 2.86. The van der Waals surface area contributed by atoms with Gasteiger partial charge in [0.05, 0.1) is 12.4 Å². The maximum Gasteiger partial charge on any atom is 0.269 e. The lowest BCUT2D eigenvalue weighted by molar-refractivity contribution is 0.0925. The first-order valence-corrected chi connectivity index (χ1v) is 7.78. The van der Waals surface area contributed by atoms with Gasteiger partial charge in [0.2, 0.25) is 0 Å². The predicted octanol–water partition coefficient (Wildman–Crippen LogP) is 1.48. The molecule has 1 aliphatic rings. The molecule has 0 spiro atoms. The number of amides is 1. The van der Waals surface area contributed by atoms with E-state index < -0.39 is 0 Å². The zero-order valence-corrected chi connectivity index (χ0v) is 13.1. The smallest absolute Gasteiger partial charge is 0.269 e. The molecule has 0 saturated carbocycles.